The van der Waals surface area contributed by atoms with Crippen LogP contribution in [-0.4, -0.2) is 25.0 Å². The number of rotatable bonds is 1. The molecule has 2 aliphatic rings. The van der Waals surface area contributed by atoms with Crippen molar-refractivity contribution in [2.24, 2.45) is 4.99 Å². The Bertz CT molecular complexity index is 472. The lowest BCUT2D eigenvalue weighted by Gasteiger charge is -2.30. The van der Waals surface area contributed by atoms with Crippen molar-refractivity contribution >= 4 is 5.84 Å². The van der Waals surface area contributed by atoms with E-state index in [2.05, 4.69) is 10.3 Å². The second-order valence-electron chi connectivity index (χ2n) is 4.53. The fourth-order valence-electron chi connectivity index (χ4n) is 2.48. The molecule has 1 unspecified atom stereocenters. The number of nitrogens with one attached hydrogen (secondary N) is 1. The summed E-state index contributed by atoms with van der Waals surface area (Å²) in [5.41, 5.74) is 1.68. The van der Waals surface area contributed by atoms with Gasteiger partial charge in [0.25, 0.3) is 0 Å². The number of ether oxygens (including phenoxy) is 1. The lowest BCUT2D eigenvalue weighted by Crippen LogP contribution is -2.34. The monoisotopic (exact) mass is 234 g/mol. The van der Waals surface area contributed by atoms with E-state index in [4.69, 9.17) is 4.74 Å². The molecule has 1 N–H and O–H groups in total. The van der Waals surface area contributed by atoms with E-state index in [1.165, 1.54) is 6.07 Å². The van der Waals surface area contributed by atoms with Gasteiger partial charge in [0, 0.05) is 13.0 Å². The van der Waals surface area contributed by atoms with Gasteiger partial charge in [0.2, 0.25) is 0 Å². The molecule has 0 aromatic heterocycles. The molecule has 4 heteroatoms. The summed E-state index contributed by atoms with van der Waals surface area (Å²) in [6, 6.07) is 5.17. The van der Waals surface area contributed by atoms with Gasteiger partial charge in [-0.25, -0.2) is 4.39 Å². The second kappa shape index (κ2) is 4.11. The zero-order chi connectivity index (χ0) is 11.8. The third kappa shape index (κ3) is 1.82. The van der Waals surface area contributed by atoms with Crippen molar-refractivity contribution in [1.82, 2.24) is 5.32 Å². The lowest BCUT2D eigenvalue weighted by molar-refractivity contribution is 0.0197. The normalized spacial score (nSPS) is 27.3. The molecule has 2 atom stereocenters. The number of hydrogen-bond donors (Lipinski definition) is 1. The zero-order valence-corrected chi connectivity index (χ0v) is 9.74. The van der Waals surface area contributed by atoms with Gasteiger partial charge < -0.3 is 10.1 Å². The first-order valence-corrected chi connectivity index (χ1v) is 5.96. The van der Waals surface area contributed by atoms with Gasteiger partial charge in [-0.2, -0.15) is 0 Å². The number of fused-ring (bicyclic) bond motifs is 1. The van der Waals surface area contributed by atoms with E-state index in [0.717, 1.165) is 30.1 Å². The minimum absolute atomic E-state index is 0.0227. The summed E-state index contributed by atoms with van der Waals surface area (Å²) in [7, 11) is 0. The molecular weight excluding hydrogens is 219 g/mol. The highest BCUT2D eigenvalue weighted by Gasteiger charge is 2.31. The molecule has 90 valence electrons. The third-order valence-electron chi connectivity index (χ3n) is 3.25. The van der Waals surface area contributed by atoms with E-state index >= 15 is 0 Å². The van der Waals surface area contributed by atoms with Crippen LogP contribution in [0.1, 0.15) is 24.2 Å². The van der Waals surface area contributed by atoms with Crippen LogP contribution in [0.3, 0.4) is 0 Å². The number of nitrogens with zero attached hydrogens (tertiary/aromatic N) is 1. The van der Waals surface area contributed by atoms with Gasteiger partial charge in [-0.3, -0.25) is 4.99 Å². The zero-order valence-electron chi connectivity index (χ0n) is 9.74. The van der Waals surface area contributed by atoms with Crippen LogP contribution < -0.4 is 5.32 Å². The summed E-state index contributed by atoms with van der Waals surface area (Å²) in [5.74, 6) is 0.699. The third-order valence-corrected chi connectivity index (χ3v) is 3.25. The quantitative estimate of drug-likeness (QED) is 0.804. The van der Waals surface area contributed by atoms with Crippen LogP contribution >= 0.6 is 0 Å². The Morgan fingerprint density at radius 1 is 1.47 bits per heavy atom. The van der Waals surface area contributed by atoms with E-state index in [1.54, 1.807) is 6.07 Å². The molecule has 0 fully saturated rings. The SMILES string of the molecule is C[C@@H]1Cc2c(F)cccc2C(C2=NCCN2)O1. The molecule has 0 saturated carbocycles. The largest absolute Gasteiger partial charge is 0.369 e. The van der Waals surface area contributed by atoms with Gasteiger partial charge in [0.15, 0.2) is 0 Å². The maximum Gasteiger partial charge on any atom is 0.140 e. The molecule has 3 rings (SSSR count). The molecule has 17 heavy (non-hydrogen) atoms. The number of amidine groups is 1. The molecule has 1 aromatic rings. The van der Waals surface area contributed by atoms with Crippen molar-refractivity contribution in [1.29, 1.82) is 0 Å². The molecule has 0 amide bonds. The van der Waals surface area contributed by atoms with E-state index in [9.17, 15) is 4.39 Å². The van der Waals surface area contributed by atoms with Crippen molar-refractivity contribution in [2.45, 2.75) is 25.6 Å². The standard InChI is InChI=1S/C13H15FN2O/c1-8-7-10-9(3-2-4-11(10)14)12(17-8)13-15-5-6-16-13/h2-4,8,12H,5-7H2,1H3,(H,15,16)/t8-,12?/m1/s1. The van der Waals surface area contributed by atoms with Crippen LogP contribution in [0.2, 0.25) is 0 Å². The average molecular weight is 234 g/mol. The number of halogens is 1. The lowest BCUT2D eigenvalue weighted by atomic mass is 9.93. The van der Waals surface area contributed by atoms with Gasteiger partial charge in [0.05, 0.1) is 12.6 Å². The summed E-state index contributed by atoms with van der Waals surface area (Å²) < 4.78 is 19.7. The highest BCUT2D eigenvalue weighted by Crippen LogP contribution is 2.32. The Hall–Kier alpha value is -1.42. The molecule has 0 radical (unpaired) electrons. The molecular formula is C13H15FN2O. The predicted octanol–water partition coefficient (Wildman–Crippen LogP) is 1.83. The first-order valence-electron chi connectivity index (χ1n) is 5.96. The van der Waals surface area contributed by atoms with E-state index in [-0.39, 0.29) is 18.0 Å². The van der Waals surface area contributed by atoms with Gasteiger partial charge in [-0.1, -0.05) is 12.1 Å². The average Bonchev–Trinajstić information content (AvgIpc) is 2.83. The van der Waals surface area contributed by atoms with Crippen LogP contribution in [0.5, 0.6) is 0 Å². The number of hydrogen-bond acceptors (Lipinski definition) is 3. The molecule has 0 aliphatic carbocycles. The summed E-state index contributed by atoms with van der Waals surface area (Å²) in [5, 5.41) is 3.21. The fraction of sp³-hybridized carbons (Fsp3) is 0.462. The first-order chi connectivity index (χ1) is 8.25. The molecule has 0 bridgehead atoms. The Morgan fingerprint density at radius 2 is 2.35 bits per heavy atom. The molecule has 0 saturated heterocycles. The van der Waals surface area contributed by atoms with Crippen LogP contribution in [0, 0.1) is 5.82 Å². The van der Waals surface area contributed by atoms with Gasteiger partial charge in [0.1, 0.15) is 17.8 Å². The number of benzene rings is 1. The maximum atomic E-state index is 13.8. The van der Waals surface area contributed by atoms with Gasteiger partial charge >= 0.3 is 0 Å². The predicted molar refractivity (Wildman–Crippen MR) is 63.7 cm³/mol. The molecule has 0 spiro atoms. The molecule has 3 nitrogen and oxygen atoms in total. The van der Waals surface area contributed by atoms with Gasteiger partial charge in [-0.05, 0) is 24.1 Å². The second-order valence-corrected chi connectivity index (χ2v) is 4.53. The Kier molecular flexibility index (Phi) is 2.59. The maximum absolute atomic E-state index is 13.8. The molecule has 2 aliphatic heterocycles. The Balaban J connectivity index is 2.04. The molecule has 2 heterocycles. The van der Waals surface area contributed by atoms with Crippen LogP contribution in [-0.2, 0) is 11.2 Å². The highest BCUT2D eigenvalue weighted by molar-refractivity contribution is 5.89. The van der Waals surface area contributed by atoms with Crippen molar-refractivity contribution in [2.75, 3.05) is 13.1 Å². The molecule has 1 aromatic carbocycles. The van der Waals surface area contributed by atoms with Crippen LogP contribution in [0.25, 0.3) is 0 Å². The fourth-order valence-corrected chi connectivity index (χ4v) is 2.48. The summed E-state index contributed by atoms with van der Waals surface area (Å²) in [4.78, 5) is 4.38. The van der Waals surface area contributed by atoms with E-state index in [0.29, 0.717) is 6.42 Å². The van der Waals surface area contributed by atoms with E-state index < -0.39 is 0 Å². The van der Waals surface area contributed by atoms with Crippen LogP contribution in [0.4, 0.5) is 4.39 Å². The van der Waals surface area contributed by atoms with Crippen molar-refractivity contribution < 1.29 is 9.13 Å². The van der Waals surface area contributed by atoms with Gasteiger partial charge in [-0.15, -0.1) is 0 Å². The van der Waals surface area contributed by atoms with Crippen molar-refractivity contribution in [3.05, 3.63) is 35.1 Å². The Labute approximate surface area is 99.7 Å². The minimum Gasteiger partial charge on any atom is -0.369 e. The number of aliphatic imine (C=N–C) groups is 1. The first kappa shape index (κ1) is 10.7. The Morgan fingerprint density at radius 3 is 3.12 bits per heavy atom. The smallest absolute Gasteiger partial charge is 0.140 e. The summed E-state index contributed by atoms with van der Waals surface area (Å²) in [6.45, 7) is 3.58. The topological polar surface area (TPSA) is 33.6 Å². The highest BCUT2D eigenvalue weighted by atomic mass is 19.1. The van der Waals surface area contributed by atoms with Crippen LogP contribution in [0.15, 0.2) is 23.2 Å². The van der Waals surface area contributed by atoms with Crippen molar-refractivity contribution in [3.63, 3.8) is 0 Å². The minimum atomic E-state index is -0.230. The van der Waals surface area contributed by atoms with E-state index in [1.807, 2.05) is 13.0 Å². The summed E-state index contributed by atoms with van der Waals surface area (Å²) >= 11 is 0. The summed E-state index contributed by atoms with van der Waals surface area (Å²) in [6.07, 6.45) is 0.424. The van der Waals surface area contributed by atoms with Crippen molar-refractivity contribution in [3.8, 4) is 0 Å².